The smallest absolute Gasteiger partial charge is 0.0695 e. The van der Waals surface area contributed by atoms with Crippen molar-refractivity contribution in [3.63, 3.8) is 0 Å². The Bertz CT molecular complexity index is 282. The molecule has 0 aromatic carbocycles. The van der Waals surface area contributed by atoms with Gasteiger partial charge in [0.25, 0.3) is 0 Å². The first-order chi connectivity index (χ1) is 9.24. The van der Waals surface area contributed by atoms with Crippen molar-refractivity contribution >= 4 is 0 Å². The molecule has 0 amide bonds. The van der Waals surface area contributed by atoms with Crippen LogP contribution in [0.25, 0.3) is 0 Å². The molecule has 1 heterocycles. The molecule has 3 atom stereocenters. The fourth-order valence-electron chi connectivity index (χ4n) is 4.43. The van der Waals surface area contributed by atoms with E-state index in [-0.39, 0.29) is 6.10 Å². The van der Waals surface area contributed by atoms with Gasteiger partial charge in [-0.15, -0.1) is 0 Å². The van der Waals surface area contributed by atoms with Crippen LogP contribution in [0.3, 0.4) is 0 Å². The Labute approximate surface area is 118 Å². The topological polar surface area (TPSA) is 26.7 Å². The molecule has 0 aromatic rings. The second kappa shape index (κ2) is 6.11. The predicted molar refractivity (Wildman–Crippen MR) is 78.2 cm³/mol. The van der Waals surface area contributed by atoms with E-state index in [1.54, 1.807) is 0 Å². The third kappa shape index (κ3) is 3.14. The lowest BCUT2D eigenvalue weighted by Crippen LogP contribution is -2.56. The van der Waals surface area contributed by atoms with Gasteiger partial charge in [0.2, 0.25) is 0 Å². The van der Waals surface area contributed by atoms with Crippen LogP contribution in [0.5, 0.6) is 0 Å². The molecule has 0 aromatic heterocycles. The van der Waals surface area contributed by atoms with Crippen LogP contribution in [0.4, 0.5) is 0 Å². The summed E-state index contributed by atoms with van der Waals surface area (Å²) in [6.07, 6.45) is 9.05. The van der Waals surface area contributed by atoms with Gasteiger partial charge in [0.05, 0.1) is 6.10 Å². The molecule has 3 nitrogen and oxygen atoms in total. The van der Waals surface area contributed by atoms with Gasteiger partial charge in [-0.2, -0.15) is 0 Å². The van der Waals surface area contributed by atoms with E-state index in [9.17, 15) is 5.11 Å². The van der Waals surface area contributed by atoms with Gasteiger partial charge in [0.15, 0.2) is 0 Å². The Balaban J connectivity index is 1.51. The van der Waals surface area contributed by atoms with E-state index in [0.717, 1.165) is 18.4 Å². The normalized spacial score (nSPS) is 39.8. The first-order valence-corrected chi connectivity index (χ1v) is 8.40. The predicted octanol–water partition coefficient (Wildman–Crippen LogP) is 2.10. The highest BCUT2D eigenvalue weighted by atomic mass is 16.3. The summed E-state index contributed by atoms with van der Waals surface area (Å²) in [4.78, 5) is 5.29. The van der Waals surface area contributed by atoms with Crippen LogP contribution in [-0.2, 0) is 0 Å². The maximum atomic E-state index is 10.3. The SMILES string of the molecule is CC1CCC(O)C(N2CCN(C3CCCC3)CC2)C1. The van der Waals surface area contributed by atoms with Crippen LogP contribution in [0.2, 0.25) is 0 Å². The number of aliphatic hydroxyl groups excluding tert-OH is 1. The number of rotatable bonds is 2. The van der Waals surface area contributed by atoms with Crippen molar-refractivity contribution in [3.05, 3.63) is 0 Å². The Morgan fingerprint density at radius 1 is 0.842 bits per heavy atom. The molecule has 3 aliphatic rings. The molecule has 2 saturated carbocycles. The van der Waals surface area contributed by atoms with Gasteiger partial charge in [-0.25, -0.2) is 0 Å². The molecule has 3 heteroatoms. The van der Waals surface area contributed by atoms with E-state index >= 15 is 0 Å². The average molecular weight is 266 g/mol. The van der Waals surface area contributed by atoms with Gasteiger partial charge in [-0.05, 0) is 38.0 Å². The second-order valence-electron chi connectivity index (χ2n) is 7.06. The highest BCUT2D eigenvalue weighted by molar-refractivity contribution is 4.89. The van der Waals surface area contributed by atoms with Crippen molar-refractivity contribution in [1.29, 1.82) is 0 Å². The summed E-state index contributed by atoms with van der Waals surface area (Å²) in [6.45, 7) is 7.13. The van der Waals surface area contributed by atoms with Crippen LogP contribution in [-0.4, -0.2) is 59.3 Å². The van der Waals surface area contributed by atoms with Crippen molar-refractivity contribution in [2.45, 2.75) is 70.1 Å². The third-order valence-electron chi connectivity index (χ3n) is 5.70. The zero-order valence-electron chi connectivity index (χ0n) is 12.4. The molecule has 1 saturated heterocycles. The molecule has 3 fully saturated rings. The summed E-state index contributed by atoms with van der Waals surface area (Å²) in [5, 5.41) is 10.3. The summed E-state index contributed by atoms with van der Waals surface area (Å²) in [5.74, 6) is 0.793. The first kappa shape index (κ1) is 13.8. The van der Waals surface area contributed by atoms with E-state index in [4.69, 9.17) is 0 Å². The fourth-order valence-corrected chi connectivity index (χ4v) is 4.43. The zero-order valence-corrected chi connectivity index (χ0v) is 12.4. The van der Waals surface area contributed by atoms with Crippen LogP contribution < -0.4 is 0 Å². The molecular formula is C16H30N2O. The van der Waals surface area contributed by atoms with Crippen LogP contribution in [0, 0.1) is 5.92 Å². The second-order valence-corrected chi connectivity index (χ2v) is 7.06. The molecule has 2 aliphatic carbocycles. The van der Waals surface area contributed by atoms with Crippen LogP contribution in [0.15, 0.2) is 0 Å². The molecule has 1 N–H and O–H groups in total. The van der Waals surface area contributed by atoms with Crippen molar-refractivity contribution < 1.29 is 5.11 Å². The Morgan fingerprint density at radius 3 is 2.16 bits per heavy atom. The van der Waals surface area contributed by atoms with Gasteiger partial charge < -0.3 is 5.11 Å². The number of hydrogen-bond acceptors (Lipinski definition) is 3. The Hall–Kier alpha value is -0.120. The zero-order chi connectivity index (χ0) is 13.2. The molecule has 0 radical (unpaired) electrons. The monoisotopic (exact) mass is 266 g/mol. The van der Waals surface area contributed by atoms with Crippen molar-refractivity contribution in [2.75, 3.05) is 26.2 Å². The van der Waals surface area contributed by atoms with Crippen molar-refractivity contribution in [2.24, 2.45) is 5.92 Å². The van der Waals surface area contributed by atoms with E-state index in [1.807, 2.05) is 0 Å². The summed E-state index contributed by atoms with van der Waals surface area (Å²) in [6, 6.07) is 1.31. The highest BCUT2D eigenvalue weighted by Gasteiger charge is 2.34. The fraction of sp³-hybridized carbons (Fsp3) is 1.00. The van der Waals surface area contributed by atoms with Gasteiger partial charge >= 0.3 is 0 Å². The molecule has 110 valence electrons. The minimum Gasteiger partial charge on any atom is -0.391 e. The Morgan fingerprint density at radius 2 is 1.47 bits per heavy atom. The number of nitrogens with zero attached hydrogens (tertiary/aromatic N) is 2. The first-order valence-electron chi connectivity index (χ1n) is 8.40. The van der Waals surface area contributed by atoms with E-state index in [2.05, 4.69) is 16.7 Å². The molecule has 19 heavy (non-hydrogen) atoms. The highest BCUT2D eigenvalue weighted by Crippen LogP contribution is 2.30. The maximum absolute atomic E-state index is 10.3. The van der Waals surface area contributed by atoms with E-state index < -0.39 is 0 Å². The lowest BCUT2D eigenvalue weighted by Gasteiger charge is -2.45. The minimum absolute atomic E-state index is 0.0748. The van der Waals surface area contributed by atoms with Gasteiger partial charge in [-0.3, -0.25) is 9.80 Å². The van der Waals surface area contributed by atoms with Crippen LogP contribution in [0.1, 0.15) is 51.9 Å². The summed E-state index contributed by atoms with van der Waals surface area (Å²) in [7, 11) is 0. The quantitative estimate of drug-likeness (QED) is 0.829. The largest absolute Gasteiger partial charge is 0.391 e. The summed E-state index contributed by atoms with van der Waals surface area (Å²) >= 11 is 0. The molecule has 3 unspecified atom stereocenters. The summed E-state index contributed by atoms with van der Waals surface area (Å²) in [5.41, 5.74) is 0. The maximum Gasteiger partial charge on any atom is 0.0695 e. The van der Waals surface area contributed by atoms with Crippen molar-refractivity contribution in [3.8, 4) is 0 Å². The molecule has 0 bridgehead atoms. The van der Waals surface area contributed by atoms with E-state index in [0.29, 0.717) is 6.04 Å². The molecular weight excluding hydrogens is 236 g/mol. The minimum atomic E-state index is -0.0748. The standard InChI is InChI=1S/C16H30N2O/c1-13-6-7-16(19)15(12-13)18-10-8-17(9-11-18)14-4-2-3-5-14/h13-16,19H,2-12H2,1H3. The molecule has 0 spiro atoms. The lowest BCUT2D eigenvalue weighted by atomic mass is 9.84. The van der Waals surface area contributed by atoms with Gasteiger partial charge in [0.1, 0.15) is 0 Å². The average Bonchev–Trinajstić information content (AvgIpc) is 2.96. The number of aliphatic hydroxyl groups is 1. The van der Waals surface area contributed by atoms with Gasteiger partial charge in [-0.1, -0.05) is 19.8 Å². The number of hydrogen-bond donors (Lipinski definition) is 1. The number of piperazine rings is 1. The Kier molecular flexibility index (Phi) is 4.45. The van der Waals surface area contributed by atoms with Crippen LogP contribution >= 0.6 is 0 Å². The summed E-state index contributed by atoms with van der Waals surface area (Å²) < 4.78 is 0. The lowest BCUT2D eigenvalue weighted by molar-refractivity contribution is -0.0206. The van der Waals surface area contributed by atoms with Crippen molar-refractivity contribution in [1.82, 2.24) is 9.80 Å². The molecule has 1 aliphatic heterocycles. The third-order valence-corrected chi connectivity index (χ3v) is 5.70. The van der Waals surface area contributed by atoms with E-state index in [1.165, 1.54) is 64.7 Å². The van der Waals surface area contributed by atoms with Gasteiger partial charge in [0, 0.05) is 38.3 Å². The molecule has 3 rings (SSSR count).